The molecular formula is C23H28N2O4S. The van der Waals surface area contributed by atoms with Gasteiger partial charge in [-0.3, -0.25) is 4.79 Å². The third-order valence-corrected chi connectivity index (χ3v) is 7.23. The number of carbonyl (C=O) groups is 1. The number of sulfonamides is 1. The molecule has 0 aliphatic carbocycles. The summed E-state index contributed by atoms with van der Waals surface area (Å²) < 4.78 is 35.4. The van der Waals surface area contributed by atoms with Crippen LogP contribution in [0.2, 0.25) is 0 Å². The number of nitrogens with zero attached hydrogens (tertiary/aromatic N) is 1. The molecule has 1 atom stereocenters. The molecule has 2 aromatic rings. The first-order chi connectivity index (χ1) is 14.1. The van der Waals surface area contributed by atoms with Gasteiger partial charge in [0.1, 0.15) is 11.4 Å². The minimum atomic E-state index is -3.75. The Morgan fingerprint density at radius 3 is 2.57 bits per heavy atom. The Morgan fingerprint density at radius 1 is 1.13 bits per heavy atom. The summed E-state index contributed by atoms with van der Waals surface area (Å²) in [4.78, 5) is 14.0. The van der Waals surface area contributed by atoms with E-state index in [1.165, 1.54) is 0 Å². The van der Waals surface area contributed by atoms with Crippen LogP contribution in [0, 0.1) is 13.8 Å². The van der Waals surface area contributed by atoms with Gasteiger partial charge in [0.2, 0.25) is 15.9 Å². The summed E-state index contributed by atoms with van der Waals surface area (Å²) in [5.41, 5.74) is 2.98. The maximum atomic E-state index is 13.2. The van der Waals surface area contributed by atoms with Crippen molar-refractivity contribution in [2.24, 2.45) is 0 Å². The van der Waals surface area contributed by atoms with E-state index in [1.807, 2.05) is 45.9 Å². The molecule has 2 aliphatic rings. The molecule has 0 bridgehead atoms. The third kappa shape index (κ3) is 3.96. The van der Waals surface area contributed by atoms with Crippen LogP contribution < -0.4 is 14.4 Å². The van der Waals surface area contributed by atoms with Crippen LogP contribution in [0.15, 0.2) is 41.3 Å². The molecule has 0 aromatic heterocycles. The van der Waals surface area contributed by atoms with Crippen LogP contribution >= 0.6 is 0 Å². The van der Waals surface area contributed by atoms with Gasteiger partial charge >= 0.3 is 0 Å². The van der Waals surface area contributed by atoms with E-state index < -0.39 is 15.6 Å². The lowest BCUT2D eigenvalue weighted by atomic mass is 9.89. The molecule has 1 amide bonds. The Bertz CT molecular complexity index is 1110. The molecule has 1 fully saturated rings. The highest BCUT2D eigenvalue weighted by atomic mass is 32.2. The molecule has 4 rings (SSSR count). The van der Waals surface area contributed by atoms with Crippen LogP contribution in [0.25, 0.3) is 0 Å². The molecule has 7 heteroatoms. The van der Waals surface area contributed by atoms with Gasteiger partial charge in [-0.05, 0) is 63.9 Å². The Morgan fingerprint density at radius 2 is 1.90 bits per heavy atom. The van der Waals surface area contributed by atoms with E-state index >= 15 is 0 Å². The standard InChI is InChI=1S/C23H28N2O4S/c1-15-7-10-21-18(12-15)19(14-23(3,4)29-21)24-30(27,28)17-8-9-20(16(2)13-17)25-11-5-6-22(25)26/h7-10,12-13,19,24H,5-6,11,14H2,1-4H3/t19-/m1/s1. The van der Waals surface area contributed by atoms with Gasteiger partial charge in [-0.2, -0.15) is 0 Å². The average molecular weight is 429 g/mol. The number of hydrogen-bond donors (Lipinski definition) is 1. The summed E-state index contributed by atoms with van der Waals surface area (Å²) >= 11 is 0. The number of benzene rings is 2. The second-order valence-electron chi connectivity index (χ2n) is 8.88. The first-order valence-electron chi connectivity index (χ1n) is 10.3. The first kappa shape index (κ1) is 20.9. The number of rotatable bonds is 4. The van der Waals surface area contributed by atoms with Gasteiger partial charge < -0.3 is 9.64 Å². The quantitative estimate of drug-likeness (QED) is 0.798. The molecule has 6 nitrogen and oxygen atoms in total. The van der Waals surface area contributed by atoms with E-state index in [0.717, 1.165) is 28.8 Å². The van der Waals surface area contributed by atoms with Gasteiger partial charge in [-0.25, -0.2) is 13.1 Å². The van der Waals surface area contributed by atoms with E-state index in [4.69, 9.17) is 4.74 Å². The van der Waals surface area contributed by atoms with Gasteiger partial charge in [-0.15, -0.1) is 0 Å². The fourth-order valence-electron chi connectivity index (χ4n) is 4.34. The zero-order valence-corrected chi connectivity index (χ0v) is 18.7. The summed E-state index contributed by atoms with van der Waals surface area (Å²) in [5, 5.41) is 0. The lowest BCUT2D eigenvalue weighted by Gasteiger charge is -2.38. The molecule has 30 heavy (non-hydrogen) atoms. The van der Waals surface area contributed by atoms with Crippen LogP contribution in [0.5, 0.6) is 5.75 Å². The van der Waals surface area contributed by atoms with Crippen molar-refractivity contribution < 1.29 is 17.9 Å². The van der Waals surface area contributed by atoms with E-state index in [0.29, 0.717) is 25.1 Å². The van der Waals surface area contributed by atoms with E-state index in [2.05, 4.69) is 4.72 Å². The SMILES string of the molecule is Cc1ccc2c(c1)[C@H](NS(=O)(=O)c1ccc(N3CCCC3=O)c(C)c1)CC(C)(C)O2. The molecule has 2 heterocycles. The monoisotopic (exact) mass is 428 g/mol. The Kier molecular flexibility index (Phi) is 5.14. The number of fused-ring (bicyclic) bond motifs is 1. The van der Waals surface area contributed by atoms with Crippen molar-refractivity contribution >= 4 is 21.6 Å². The molecule has 0 unspecified atom stereocenters. The molecule has 1 N–H and O–H groups in total. The van der Waals surface area contributed by atoms with Crippen molar-refractivity contribution in [3.63, 3.8) is 0 Å². The fourth-order valence-corrected chi connectivity index (χ4v) is 5.64. The van der Waals surface area contributed by atoms with Crippen LogP contribution in [0.1, 0.15) is 55.8 Å². The predicted octanol–water partition coefficient (Wildman–Crippen LogP) is 4.01. The number of anilines is 1. The number of ether oxygens (including phenoxy) is 1. The van der Waals surface area contributed by atoms with Gasteiger partial charge in [-0.1, -0.05) is 17.7 Å². The number of nitrogens with one attached hydrogen (secondary N) is 1. The van der Waals surface area contributed by atoms with E-state index in [1.54, 1.807) is 23.1 Å². The molecule has 2 aliphatic heterocycles. The minimum Gasteiger partial charge on any atom is -0.487 e. The van der Waals surface area contributed by atoms with Crippen molar-refractivity contribution in [1.29, 1.82) is 0 Å². The highest BCUT2D eigenvalue weighted by molar-refractivity contribution is 7.89. The lowest BCUT2D eigenvalue weighted by molar-refractivity contribution is -0.117. The zero-order chi connectivity index (χ0) is 21.7. The molecule has 0 radical (unpaired) electrons. The molecular weight excluding hydrogens is 400 g/mol. The number of aryl methyl sites for hydroxylation is 2. The highest BCUT2D eigenvalue weighted by Gasteiger charge is 2.36. The zero-order valence-electron chi connectivity index (χ0n) is 17.9. The summed E-state index contributed by atoms with van der Waals surface area (Å²) in [7, 11) is -3.75. The molecule has 1 saturated heterocycles. The normalized spacial score (nSPS) is 20.7. The molecule has 2 aromatic carbocycles. The van der Waals surface area contributed by atoms with Crippen molar-refractivity contribution in [3.8, 4) is 5.75 Å². The van der Waals surface area contributed by atoms with E-state index in [-0.39, 0.29) is 16.8 Å². The van der Waals surface area contributed by atoms with Gasteiger partial charge in [0, 0.05) is 30.6 Å². The number of amides is 1. The summed E-state index contributed by atoms with van der Waals surface area (Å²) in [6.45, 7) is 8.42. The van der Waals surface area contributed by atoms with Crippen molar-refractivity contribution in [2.45, 2.75) is 63.5 Å². The van der Waals surface area contributed by atoms with Crippen LogP contribution in [0.4, 0.5) is 5.69 Å². The first-order valence-corrected chi connectivity index (χ1v) is 11.8. The van der Waals surface area contributed by atoms with Gasteiger partial charge in [0.25, 0.3) is 0 Å². The Hall–Kier alpha value is -2.38. The highest BCUT2D eigenvalue weighted by Crippen LogP contribution is 2.40. The minimum absolute atomic E-state index is 0.0863. The fraction of sp³-hybridized carbons (Fsp3) is 0.435. The summed E-state index contributed by atoms with van der Waals surface area (Å²) in [6, 6.07) is 10.4. The van der Waals surface area contributed by atoms with Crippen LogP contribution in [-0.4, -0.2) is 26.5 Å². The third-order valence-electron chi connectivity index (χ3n) is 5.76. The number of hydrogen-bond acceptors (Lipinski definition) is 4. The second-order valence-corrected chi connectivity index (χ2v) is 10.6. The van der Waals surface area contributed by atoms with E-state index in [9.17, 15) is 13.2 Å². The molecule has 0 spiro atoms. The maximum absolute atomic E-state index is 13.2. The predicted molar refractivity (Wildman–Crippen MR) is 116 cm³/mol. The van der Waals surface area contributed by atoms with Crippen LogP contribution in [-0.2, 0) is 14.8 Å². The van der Waals surface area contributed by atoms with Crippen molar-refractivity contribution in [2.75, 3.05) is 11.4 Å². The molecule has 160 valence electrons. The average Bonchev–Trinajstić information content (AvgIpc) is 3.07. The molecule has 0 saturated carbocycles. The Balaban J connectivity index is 1.64. The van der Waals surface area contributed by atoms with Gasteiger partial charge in [0.05, 0.1) is 10.9 Å². The second kappa shape index (κ2) is 7.39. The van der Waals surface area contributed by atoms with Gasteiger partial charge in [0.15, 0.2) is 0 Å². The maximum Gasteiger partial charge on any atom is 0.241 e. The smallest absolute Gasteiger partial charge is 0.241 e. The Labute approximate surface area is 178 Å². The number of carbonyl (C=O) groups excluding carboxylic acids is 1. The topological polar surface area (TPSA) is 75.7 Å². The summed E-state index contributed by atoms with van der Waals surface area (Å²) in [5.74, 6) is 0.798. The van der Waals surface area contributed by atoms with Crippen molar-refractivity contribution in [1.82, 2.24) is 4.72 Å². The lowest BCUT2D eigenvalue weighted by Crippen LogP contribution is -2.41. The van der Waals surface area contributed by atoms with Crippen molar-refractivity contribution in [3.05, 3.63) is 53.1 Å². The largest absolute Gasteiger partial charge is 0.487 e. The van der Waals surface area contributed by atoms with Crippen LogP contribution in [0.3, 0.4) is 0 Å². The summed E-state index contributed by atoms with van der Waals surface area (Å²) in [6.07, 6.45) is 1.90.